The summed E-state index contributed by atoms with van der Waals surface area (Å²) >= 11 is 0. The molecule has 0 unspecified atom stereocenters. The Bertz CT molecular complexity index is 1020. The Hall–Kier alpha value is -3.62. The van der Waals surface area contributed by atoms with Gasteiger partial charge in [0.15, 0.2) is 0 Å². The van der Waals surface area contributed by atoms with Gasteiger partial charge in [-0.2, -0.15) is 13.2 Å². The van der Waals surface area contributed by atoms with E-state index in [9.17, 15) is 27.2 Å². The summed E-state index contributed by atoms with van der Waals surface area (Å²) in [5.74, 6) is -1.60. The smallest absolute Gasteiger partial charge is 0.418 e. The second-order valence-corrected chi connectivity index (χ2v) is 6.34. The van der Waals surface area contributed by atoms with Gasteiger partial charge in [0, 0.05) is 5.56 Å². The first-order chi connectivity index (χ1) is 14.2. The molecule has 0 atom stereocenters. The molecule has 0 radical (unpaired) electrons. The average Bonchev–Trinajstić information content (AvgIpc) is 3.20. The van der Waals surface area contributed by atoms with Crippen LogP contribution in [0.15, 0.2) is 71.3 Å². The van der Waals surface area contributed by atoms with E-state index in [0.717, 1.165) is 29.2 Å². The highest BCUT2D eigenvalue weighted by atomic mass is 19.4. The molecule has 3 aromatic rings. The number of rotatable bonds is 6. The molecule has 0 aliphatic carbocycles. The third kappa shape index (κ3) is 5.25. The first kappa shape index (κ1) is 21.1. The first-order valence-electron chi connectivity index (χ1n) is 8.77. The summed E-state index contributed by atoms with van der Waals surface area (Å²) in [5, 5.41) is 2.20. The number of benzene rings is 2. The fraction of sp³-hybridized carbons (Fsp3) is 0.143. The zero-order valence-electron chi connectivity index (χ0n) is 15.4. The molecular formula is C21H16F4N2O3. The van der Waals surface area contributed by atoms with Crippen molar-refractivity contribution in [1.82, 2.24) is 4.90 Å². The van der Waals surface area contributed by atoms with Crippen LogP contribution in [0.4, 0.5) is 23.2 Å². The number of anilines is 1. The summed E-state index contributed by atoms with van der Waals surface area (Å²) < 4.78 is 57.8. The van der Waals surface area contributed by atoms with Gasteiger partial charge in [-0.05, 0) is 48.5 Å². The highest BCUT2D eigenvalue weighted by Gasteiger charge is 2.33. The van der Waals surface area contributed by atoms with Crippen molar-refractivity contribution in [3.8, 4) is 0 Å². The van der Waals surface area contributed by atoms with Crippen molar-refractivity contribution in [3.63, 3.8) is 0 Å². The molecule has 0 spiro atoms. The Kier molecular flexibility index (Phi) is 6.20. The van der Waals surface area contributed by atoms with Crippen molar-refractivity contribution in [2.45, 2.75) is 12.7 Å². The molecule has 9 heteroatoms. The predicted octanol–water partition coefficient (Wildman–Crippen LogP) is 4.72. The van der Waals surface area contributed by atoms with Crippen LogP contribution in [0.2, 0.25) is 0 Å². The van der Waals surface area contributed by atoms with Crippen LogP contribution in [0, 0.1) is 5.82 Å². The van der Waals surface area contributed by atoms with Crippen LogP contribution in [-0.2, 0) is 17.5 Å². The minimum Gasteiger partial charge on any atom is -0.467 e. The summed E-state index contributed by atoms with van der Waals surface area (Å²) in [6.45, 7) is -0.638. The molecule has 2 aromatic carbocycles. The quantitative estimate of drug-likeness (QED) is 0.587. The van der Waals surface area contributed by atoms with Gasteiger partial charge in [0.1, 0.15) is 18.1 Å². The largest absolute Gasteiger partial charge is 0.467 e. The highest BCUT2D eigenvalue weighted by Crippen LogP contribution is 2.34. The molecule has 0 saturated carbocycles. The highest BCUT2D eigenvalue weighted by molar-refractivity contribution is 5.99. The summed E-state index contributed by atoms with van der Waals surface area (Å²) in [5.41, 5.74) is -1.30. The van der Waals surface area contributed by atoms with Crippen LogP contribution in [0.3, 0.4) is 0 Å². The average molecular weight is 420 g/mol. The summed E-state index contributed by atoms with van der Waals surface area (Å²) in [6.07, 6.45) is -3.27. The van der Waals surface area contributed by atoms with Gasteiger partial charge in [0.25, 0.3) is 5.91 Å². The Balaban J connectivity index is 1.80. The fourth-order valence-electron chi connectivity index (χ4n) is 2.77. The second kappa shape index (κ2) is 8.81. The van der Waals surface area contributed by atoms with Crippen LogP contribution < -0.4 is 5.32 Å². The number of furan rings is 1. The molecule has 2 amide bonds. The fourth-order valence-corrected chi connectivity index (χ4v) is 2.77. The van der Waals surface area contributed by atoms with Crippen LogP contribution in [-0.4, -0.2) is 23.3 Å². The Morgan fingerprint density at radius 1 is 0.967 bits per heavy atom. The van der Waals surface area contributed by atoms with Gasteiger partial charge in [-0.3, -0.25) is 9.59 Å². The van der Waals surface area contributed by atoms with E-state index in [4.69, 9.17) is 4.42 Å². The minimum atomic E-state index is -4.65. The number of hydrogen-bond acceptors (Lipinski definition) is 3. The lowest BCUT2D eigenvalue weighted by Crippen LogP contribution is -2.37. The van der Waals surface area contributed by atoms with E-state index < -0.39 is 41.6 Å². The summed E-state index contributed by atoms with van der Waals surface area (Å²) in [6, 6.07) is 12.4. The van der Waals surface area contributed by atoms with Crippen molar-refractivity contribution in [1.29, 1.82) is 0 Å². The third-order valence-corrected chi connectivity index (χ3v) is 4.15. The van der Waals surface area contributed by atoms with Gasteiger partial charge in [0.2, 0.25) is 5.91 Å². The molecule has 30 heavy (non-hydrogen) atoms. The maximum atomic E-state index is 13.1. The second-order valence-electron chi connectivity index (χ2n) is 6.34. The molecule has 0 fully saturated rings. The normalized spacial score (nSPS) is 11.2. The van der Waals surface area contributed by atoms with Gasteiger partial charge in [-0.25, -0.2) is 4.39 Å². The van der Waals surface area contributed by atoms with Crippen LogP contribution >= 0.6 is 0 Å². The standard InChI is InChI=1S/C21H16F4N2O3/c22-15-9-7-14(8-10-15)20(29)27(12-16-4-3-11-30-16)13-19(28)26-18-6-2-1-5-17(18)21(23,24)25/h1-11H,12-13H2,(H,26,28). The van der Waals surface area contributed by atoms with Crippen LogP contribution in [0.5, 0.6) is 0 Å². The van der Waals surface area contributed by atoms with Gasteiger partial charge in [0.05, 0.1) is 24.1 Å². The maximum Gasteiger partial charge on any atom is 0.418 e. The van der Waals surface area contributed by atoms with Crippen molar-refractivity contribution >= 4 is 17.5 Å². The van der Waals surface area contributed by atoms with E-state index in [0.29, 0.717) is 5.76 Å². The first-order valence-corrected chi connectivity index (χ1v) is 8.77. The third-order valence-electron chi connectivity index (χ3n) is 4.15. The van der Waals surface area contributed by atoms with Crippen molar-refractivity contribution in [2.24, 2.45) is 0 Å². The van der Waals surface area contributed by atoms with Gasteiger partial charge >= 0.3 is 6.18 Å². The Morgan fingerprint density at radius 2 is 1.67 bits per heavy atom. The minimum absolute atomic E-state index is 0.0997. The van der Waals surface area contributed by atoms with E-state index >= 15 is 0 Å². The topological polar surface area (TPSA) is 62.6 Å². The van der Waals surface area contributed by atoms with Crippen molar-refractivity contribution in [3.05, 3.63) is 89.6 Å². The number of halogens is 4. The van der Waals surface area contributed by atoms with Crippen LogP contribution in [0.1, 0.15) is 21.7 Å². The SMILES string of the molecule is O=C(CN(Cc1ccco1)C(=O)c1ccc(F)cc1)Nc1ccccc1C(F)(F)F. The molecule has 0 bridgehead atoms. The molecule has 1 aromatic heterocycles. The van der Waals surface area contributed by atoms with Crippen molar-refractivity contribution in [2.75, 3.05) is 11.9 Å². The molecule has 1 heterocycles. The molecule has 156 valence electrons. The van der Waals surface area contributed by atoms with Crippen molar-refractivity contribution < 1.29 is 31.6 Å². The van der Waals surface area contributed by atoms with Gasteiger partial charge in [-0.15, -0.1) is 0 Å². The molecule has 0 saturated heterocycles. The maximum absolute atomic E-state index is 13.1. The number of hydrogen-bond donors (Lipinski definition) is 1. The monoisotopic (exact) mass is 420 g/mol. The number of amides is 2. The van der Waals surface area contributed by atoms with E-state index in [1.54, 1.807) is 12.1 Å². The number of carbonyl (C=O) groups excluding carboxylic acids is 2. The van der Waals surface area contributed by atoms with E-state index in [-0.39, 0.29) is 12.1 Å². The zero-order chi connectivity index (χ0) is 21.7. The lowest BCUT2D eigenvalue weighted by atomic mass is 10.1. The lowest BCUT2D eigenvalue weighted by Gasteiger charge is -2.22. The van der Waals surface area contributed by atoms with E-state index in [2.05, 4.69) is 5.32 Å². The lowest BCUT2D eigenvalue weighted by molar-refractivity contribution is -0.137. The zero-order valence-corrected chi connectivity index (χ0v) is 15.4. The number of nitrogens with one attached hydrogen (secondary N) is 1. The van der Waals surface area contributed by atoms with Gasteiger partial charge in [-0.1, -0.05) is 12.1 Å². The molecule has 3 rings (SSSR count). The van der Waals surface area contributed by atoms with E-state index in [1.807, 2.05) is 0 Å². The number of carbonyl (C=O) groups is 2. The molecular weight excluding hydrogens is 404 g/mol. The van der Waals surface area contributed by atoms with Crippen LogP contribution in [0.25, 0.3) is 0 Å². The number of para-hydroxylation sites is 1. The number of alkyl halides is 3. The Morgan fingerprint density at radius 3 is 2.30 bits per heavy atom. The molecule has 5 nitrogen and oxygen atoms in total. The predicted molar refractivity (Wildman–Crippen MR) is 99.9 cm³/mol. The number of nitrogens with zero attached hydrogens (tertiary/aromatic N) is 1. The molecule has 1 N–H and O–H groups in total. The molecule has 0 aliphatic heterocycles. The summed E-state index contributed by atoms with van der Waals surface area (Å²) in [7, 11) is 0. The Labute approximate surface area is 168 Å². The summed E-state index contributed by atoms with van der Waals surface area (Å²) in [4.78, 5) is 26.4. The van der Waals surface area contributed by atoms with E-state index in [1.165, 1.54) is 30.5 Å². The molecule has 0 aliphatic rings. The van der Waals surface area contributed by atoms with Gasteiger partial charge < -0.3 is 14.6 Å².